The van der Waals surface area contributed by atoms with E-state index in [0.717, 1.165) is 28.8 Å². The van der Waals surface area contributed by atoms with Crippen LogP contribution in [0.25, 0.3) is 32.9 Å². The van der Waals surface area contributed by atoms with Crippen molar-refractivity contribution in [1.29, 1.82) is 0 Å². The third-order valence-electron chi connectivity index (χ3n) is 5.92. The first kappa shape index (κ1) is 23.3. The molecule has 0 saturated carbocycles. The Kier molecular flexibility index (Phi) is 5.74. The van der Waals surface area contributed by atoms with E-state index in [2.05, 4.69) is 6.07 Å². The Morgan fingerprint density at radius 2 is 1.71 bits per heavy atom. The van der Waals surface area contributed by atoms with Gasteiger partial charge in [-0.25, -0.2) is 0 Å². The van der Waals surface area contributed by atoms with E-state index < -0.39 is 17.6 Å². The van der Waals surface area contributed by atoms with Crippen LogP contribution in [-0.4, -0.2) is 10.5 Å². The Labute approximate surface area is 208 Å². The van der Waals surface area contributed by atoms with Crippen LogP contribution < -0.4 is 5.73 Å². The number of nitrogens with zero attached hydrogens (tertiary/aromatic N) is 1. The fourth-order valence-corrected chi connectivity index (χ4v) is 4.81. The Bertz CT molecular complexity index is 1610. The molecule has 0 fully saturated rings. The van der Waals surface area contributed by atoms with E-state index in [4.69, 9.17) is 28.9 Å². The van der Waals surface area contributed by atoms with Crippen LogP contribution in [0.3, 0.4) is 0 Å². The molecule has 1 radical (unpaired) electrons. The van der Waals surface area contributed by atoms with Gasteiger partial charge in [-0.05, 0) is 65.7 Å². The molecule has 5 aromatic rings. The van der Waals surface area contributed by atoms with Gasteiger partial charge in [0, 0.05) is 38.5 Å². The van der Waals surface area contributed by atoms with Gasteiger partial charge >= 0.3 is 6.18 Å². The molecule has 3 nitrogen and oxygen atoms in total. The molecule has 0 spiro atoms. The lowest BCUT2D eigenvalue weighted by molar-refractivity contribution is -0.137. The molecule has 35 heavy (non-hydrogen) atoms. The second kappa shape index (κ2) is 8.63. The summed E-state index contributed by atoms with van der Waals surface area (Å²) in [5, 5.41) is 2.28. The lowest BCUT2D eigenvalue weighted by Crippen LogP contribution is -2.11. The van der Waals surface area contributed by atoms with Gasteiger partial charge in [-0.15, -0.1) is 0 Å². The van der Waals surface area contributed by atoms with Crippen molar-refractivity contribution in [3.63, 3.8) is 0 Å². The largest absolute Gasteiger partial charge is 0.416 e. The summed E-state index contributed by atoms with van der Waals surface area (Å²) in [5.74, 6) is -0.581. The number of rotatable bonds is 4. The van der Waals surface area contributed by atoms with E-state index in [9.17, 15) is 18.0 Å². The predicted molar refractivity (Wildman–Crippen MR) is 133 cm³/mol. The number of amides is 1. The second-order valence-electron chi connectivity index (χ2n) is 8.12. The minimum atomic E-state index is -4.41. The summed E-state index contributed by atoms with van der Waals surface area (Å²) in [5.41, 5.74) is 8.90. The van der Waals surface area contributed by atoms with Crippen molar-refractivity contribution in [2.75, 3.05) is 0 Å². The molecule has 8 heteroatoms. The quantitative estimate of drug-likeness (QED) is 0.263. The Hall–Kier alpha value is -3.48. The Morgan fingerprint density at radius 1 is 0.971 bits per heavy atom. The van der Waals surface area contributed by atoms with E-state index in [1.807, 2.05) is 16.7 Å². The Morgan fingerprint density at radius 3 is 2.37 bits per heavy atom. The highest BCUT2D eigenvalue weighted by atomic mass is 35.5. The minimum Gasteiger partial charge on any atom is -0.366 e. The summed E-state index contributed by atoms with van der Waals surface area (Å²) in [4.78, 5) is 12.2. The van der Waals surface area contributed by atoms with Crippen molar-refractivity contribution in [1.82, 2.24) is 4.57 Å². The first-order chi connectivity index (χ1) is 16.6. The van der Waals surface area contributed by atoms with Crippen LogP contribution >= 0.6 is 23.2 Å². The first-order valence-electron chi connectivity index (χ1n) is 10.5. The van der Waals surface area contributed by atoms with Gasteiger partial charge in [-0.3, -0.25) is 4.79 Å². The molecule has 0 atom stereocenters. The Balaban J connectivity index is 1.73. The topological polar surface area (TPSA) is 48.0 Å². The van der Waals surface area contributed by atoms with E-state index >= 15 is 0 Å². The fraction of sp³-hybridized carbons (Fsp3) is 0.0741. The average Bonchev–Trinajstić information content (AvgIpc) is 3.12. The molecule has 0 unspecified atom stereocenters. The van der Waals surface area contributed by atoms with E-state index in [1.54, 1.807) is 36.4 Å². The maximum Gasteiger partial charge on any atom is 0.416 e. The average molecular weight is 512 g/mol. The highest BCUT2D eigenvalue weighted by Gasteiger charge is 2.30. The van der Waals surface area contributed by atoms with Crippen molar-refractivity contribution < 1.29 is 18.0 Å². The predicted octanol–water partition coefficient (Wildman–Crippen LogP) is 7.73. The lowest BCUT2D eigenvalue weighted by atomic mass is 10.0. The number of carbonyl (C=O) groups is 1. The first-order valence-corrected chi connectivity index (χ1v) is 11.3. The maximum absolute atomic E-state index is 13.0. The van der Waals surface area contributed by atoms with E-state index in [1.165, 1.54) is 12.1 Å². The highest BCUT2D eigenvalue weighted by Crippen LogP contribution is 2.37. The van der Waals surface area contributed by atoms with Crippen LogP contribution in [0.15, 0.2) is 72.8 Å². The zero-order valence-electron chi connectivity index (χ0n) is 18.0. The second-order valence-corrected chi connectivity index (χ2v) is 8.96. The molecular weight excluding hydrogens is 496 g/mol. The summed E-state index contributed by atoms with van der Waals surface area (Å²) in [7, 11) is 0. The number of carbonyl (C=O) groups excluding carboxylic acids is 1. The lowest BCUT2D eigenvalue weighted by Gasteiger charge is -2.11. The highest BCUT2D eigenvalue weighted by molar-refractivity contribution is 6.36. The molecule has 175 valence electrons. The van der Waals surface area contributed by atoms with Gasteiger partial charge in [0.15, 0.2) is 0 Å². The molecule has 0 aliphatic heterocycles. The number of hydrogen-bond acceptors (Lipinski definition) is 1. The van der Waals surface area contributed by atoms with Crippen LogP contribution in [0.5, 0.6) is 0 Å². The third-order valence-corrected chi connectivity index (χ3v) is 6.47. The smallest absolute Gasteiger partial charge is 0.366 e. The maximum atomic E-state index is 13.0. The van der Waals surface area contributed by atoms with Gasteiger partial charge in [-0.2, -0.15) is 13.2 Å². The monoisotopic (exact) mass is 511 g/mol. The summed E-state index contributed by atoms with van der Waals surface area (Å²) in [6.45, 7) is 0.270. The number of fused-ring (bicyclic) bond motifs is 3. The number of halogens is 5. The molecule has 1 aromatic heterocycles. The van der Waals surface area contributed by atoms with Gasteiger partial charge in [0.2, 0.25) is 5.91 Å². The van der Waals surface area contributed by atoms with Crippen molar-refractivity contribution in [3.05, 3.63) is 106 Å². The van der Waals surface area contributed by atoms with Crippen LogP contribution in [-0.2, 0) is 12.7 Å². The van der Waals surface area contributed by atoms with Gasteiger partial charge in [0.1, 0.15) is 0 Å². The fourth-order valence-electron chi connectivity index (χ4n) is 4.29. The molecule has 0 aliphatic rings. The van der Waals surface area contributed by atoms with Crippen LogP contribution in [0, 0.1) is 6.07 Å². The number of benzene rings is 4. The summed E-state index contributed by atoms with van der Waals surface area (Å²) >= 11 is 12.5. The van der Waals surface area contributed by atoms with E-state index in [0.29, 0.717) is 37.5 Å². The van der Waals surface area contributed by atoms with Crippen molar-refractivity contribution in [3.8, 4) is 11.1 Å². The number of nitrogens with two attached hydrogens (primary N) is 1. The summed E-state index contributed by atoms with van der Waals surface area (Å²) in [6, 6.07) is 22.4. The molecule has 1 amide bonds. The normalized spacial score (nSPS) is 11.9. The van der Waals surface area contributed by atoms with Crippen LogP contribution in [0.2, 0.25) is 10.0 Å². The van der Waals surface area contributed by atoms with Crippen LogP contribution in [0.1, 0.15) is 21.5 Å². The summed E-state index contributed by atoms with van der Waals surface area (Å²) < 4.78 is 41.0. The van der Waals surface area contributed by atoms with Crippen molar-refractivity contribution >= 4 is 50.9 Å². The molecule has 1 heterocycles. The van der Waals surface area contributed by atoms with Gasteiger partial charge in [0.25, 0.3) is 0 Å². The number of aromatic nitrogens is 1. The molecule has 4 aromatic carbocycles. The van der Waals surface area contributed by atoms with Gasteiger partial charge < -0.3 is 10.3 Å². The molecule has 0 aliphatic carbocycles. The standard InChI is InChI=1S/C27H16Cl2F3N2O/c28-18-9-11-19(22(29)13-18)16-6-10-20-24(12-16)34(23-3-1-2-21(25(20)23)26(33)35)14-15-4-7-17(8-5-15)27(30,31)32/h1-9,11-13H,14H2,(H2,33,35). The molecular formula is C27H16Cl2F3N2O. The summed E-state index contributed by atoms with van der Waals surface area (Å²) in [6.07, 6.45) is -4.41. The SMILES string of the molecule is NC(=O)c1cccc2c1c1[c]cc(-c3ccc(Cl)cc3Cl)cc1n2Cc1ccc(C(F)(F)F)cc1. The van der Waals surface area contributed by atoms with Crippen molar-refractivity contribution in [2.24, 2.45) is 5.73 Å². The molecule has 0 bridgehead atoms. The molecule has 2 N–H and O–H groups in total. The molecule has 5 rings (SSSR count). The molecule has 0 saturated heterocycles. The zero-order valence-corrected chi connectivity index (χ0v) is 19.5. The number of primary amides is 1. The minimum absolute atomic E-state index is 0.270. The zero-order chi connectivity index (χ0) is 24.9. The number of alkyl halides is 3. The van der Waals surface area contributed by atoms with Crippen molar-refractivity contribution in [2.45, 2.75) is 12.7 Å². The third kappa shape index (κ3) is 4.24. The van der Waals surface area contributed by atoms with E-state index in [-0.39, 0.29) is 6.54 Å². The van der Waals surface area contributed by atoms with Gasteiger partial charge in [0.05, 0.1) is 16.6 Å². The van der Waals surface area contributed by atoms with Crippen LogP contribution in [0.4, 0.5) is 13.2 Å². The number of hydrogen-bond donors (Lipinski definition) is 1. The van der Waals surface area contributed by atoms with Gasteiger partial charge in [-0.1, -0.05) is 47.5 Å².